The number of rotatable bonds is 4. The lowest BCUT2D eigenvalue weighted by atomic mass is 9.94. The lowest BCUT2D eigenvalue weighted by molar-refractivity contribution is 0.0698. The molecule has 1 unspecified atom stereocenters. The van der Waals surface area contributed by atoms with E-state index in [-0.39, 0.29) is 11.8 Å². The second-order valence-corrected chi connectivity index (χ2v) is 6.73. The van der Waals surface area contributed by atoms with E-state index in [1.54, 1.807) is 24.7 Å². The van der Waals surface area contributed by atoms with Gasteiger partial charge in [0.2, 0.25) is 5.88 Å². The number of aromatic amines is 1. The first-order valence-corrected chi connectivity index (χ1v) is 9.05. The van der Waals surface area contributed by atoms with Crippen LogP contribution in [0.25, 0.3) is 0 Å². The monoisotopic (exact) mass is 363 g/mol. The lowest BCUT2D eigenvalue weighted by Gasteiger charge is -2.32. The summed E-state index contributed by atoms with van der Waals surface area (Å²) in [5.74, 6) is 1.28. The first-order valence-electron chi connectivity index (χ1n) is 9.05. The van der Waals surface area contributed by atoms with E-state index in [1.807, 2.05) is 36.1 Å². The molecular weight excluding hydrogens is 342 g/mol. The van der Waals surface area contributed by atoms with E-state index >= 15 is 0 Å². The Labute approximate surface area is 157 Å². The molecule has 1 aromatic carbocycles. The van der Waals surface area contributed by atoms with Crippen molar-refractivity contribution in [3.63, 3.8) is 0 Å². The first-order chi connectivity index (χ1) is 13.2. The summed E-state index contributed by atoms with van der Waals surface area (Å²) in [6, 6.07) is 9.53. The Kier molecular flexibility index (Phi) is 4.82. The number of hydrogen-bond donors (Lipinski definition) is 1. The zero-order valence-corrected chi connectivity index (χ0v) is 15.1. The highest BCUT2D eigenvalue weighted by atomic mass is 16.5. The van der Waals surface area contributed by atoms with E-state index in [9.17, 15) is 4.79 Å². The standard InChI is InChI=1S/C20H21N5O2/c1-14-4-2-6-16(12-14)27-19-18(21-9-10-22-19)15-5-3-11-25(13-15)20(26)17-7-8-23-24-17/h2,4,6-10,12,15H,3,5,11,13H2,1H3,(H,23,24). The Morgan fingerprint density at radius 3 is 2.93 bits per heavy atom. The van der Waals surface area contributed by atoms with Gasteiger partial charge in [-0.2, -0.15) is 5.10 Å². The van der Waals surface area contributed by atoms with Gasteiger partial charge < -0.3 is 9.64 Å². The largest absolute Gasteiger partial charge is 0.437 e. The van der Waals surface area contributed by atoms with Crippen molar-refractivity contribution in [1.82, 2.24) is 25.1 Å². The molecule has 0 saturated carbocycles. The van der Waals surface area contributed by atoms with Gasteiger partial charge in [0.25, 0.3) is 5.91 Å². The molecule has 1 saturated heterocycles. The molecule has 0 bridgehead atoms. The number of nitrogens with one attached hydrogen (secondary N) is 1. The Bertz CT molecular complexity index is 926. The average Bonchev–Trinajstić information content (AvgIpc) is 3.23. The molecule has 27 heavy (non-hydrogen) atoms. The van der Waals surface area contributed by atoms with Gasteiger partial charge in [0.15, 0.2) is 0 Å². The van der Waals surface area contributed by atoms with Crippen LogP contribution in [0.3, 0.4) is 0 Å². The Hall–Kier alpha value is -3.22. The number of H-pyrrole nitrogens is 1. The summed E-state index contributed by atoms with van der Waals surface area (Å²) in [7, 11) is 0. The number of carbonyl (C=O) groups excluding carboxylic acids is 1. The minimum absolute atomic E-state index is 0.0396. The maximum Gasteiger partial charge on any atom is 0.271 e. The summed E-state index contributed by atoms with van der Waals surface area (Å²) in [6.07, 6.45) is 6.74. The maximum absolute atomic E-state index is 12.6. The molecule has 7 nitrogen and oxygen atoms in total. The molecule has 1 fully saturated rings. The van der Waals surface area contributed by atoms with Gasteiger partial charge in [-0.1, -0.05) is 12.1 Å². The fraction of sp³-hybridized carbons (Fsp3) is 0.300. The number of ether oxygens (including phenoxy) is 1. The van der Waals surface area contributed by atoms with Crippen LogP contribution in [0.1, 0.15) is 40.5 Å². The van der Waals surface area contributed by atoms with Crippen molar-refractivity contribution in [2.75, 3.05) is 13.1 Å². The number of aromatic nitrogens is 4. The van der Waals surface area contributed by atoms with Crippen LogP contribution >= 0.6 is 0 Å². The normalized spacial score (nSPS) is 16.9. The summed E-state index contributed by atoms with van der Waals surface area (Å²) in [6.45, 7) is 3.33. The summed E-state index contributed by atoms with van der Waals surface area (Å²) in [5.41, 5.74) is 2.42. The number of nitrogens with zero attached hydrogens (tertiary/aromatic N) is 4. The van der Waals surface area contributed by atoms with Crippen molar-refractivity contribution < 1.29 is 9.53 Å². The van der Waals surface area contributed by atoms with E-state index in [1.165, 1.54) is 0 Å². The van der Waals surface area contributed by atoms with Crippen molar-refractivity contribution in [3.05, 3.63) is 65.9 Å². The molecule has 1 amide bonds. The van der Waals surface area contributed by atoms with Crippen LogP contribution < -0.4 is 4.74 Å². The van der Waals surface area contributed by atoms with Gasteiger partial charge in [-0.3, -0.25) is 14.9 Å². The number of amides is 1. The first kappa shape index (κ1) is 17.2. The third-order valence-corrected chi connectivity index (χ3v) is 4.72. The predicted octanol–water partition coefficient (Wildman–Crippen LogP) is 3.32. The van der Waals surface area contributed by atoms with Gasteiger partial charge in [0.1, 0.15) is 17.1 Å². The lowest BCUT2D eigenvalue weighted by Crippen LogP contribution is -2.39. The molecule has 4 rings (SSSR count). The van der Waals surface area contributed by atoms with Gasteiger partial charge in [-0.25, -0.2) is 4.98 Å². The average molecular weight is 363 g/mol. The van der Waals surface area contributed by atoms with Crippen LogP contribution in [0, 0.1) is 6.92 Å². The molecule has 1 atom stereocenters. The van der Waals surface area contributed by atoms with Gasteiger partial charge >= 0.3 is 0 Å². The molecule has 0 radical (unpaired) electrons. The molecule has 1 N–H and O–H groups in total. The van der Waals surface area contributed by atoms with Gasteiger partial charge in [0.05, 0.1) is 0 Å². The predicted molar refractivity (Wildman–Crippen MR) is 99.8 cm³/mol. The number of aryl methyl sites for hydroxylation is 1. The minimum Gasteiger partial charge on any atom is -0.437 e. The van der Waals surface area contributed by atoms with Crippen LogP contribution in [0.5, 0.6) is 11.6 Å². The second kappa shape index (κ2) is 7.57. The smallest absolute Gasteiger partial charge is 0.271 e. The second-order valence-electron chi connectivity index (χ2n) is 6.73. The van der Waals surface area contributed by atoms with E-state index in [2.05, 4.69) is 20.2 Å². The van der Waals surface area contributed by atoms with Gasteiger partial charge in [-0.15, -0.1) is 0 Å². The summed E-state index contributed by atoms with van der Waals surface area (Å²) in [5, 5.41) is 6.61. The SMILES string of the molecule is Cc1cccc(Oc2nccnc2C2CCCN(C(=O)c3ccn[nH]3)C2)c1. The van der Waals surface area contributed by atoms with E-state index in [0.717, 1.165) is 36.4 Å². The Balaban J connectivity index is 1.55. The third-order valence-electron chi connectivity index (χ3n) is 4.72. The summed E-state index contributed by atoms with van der Waals surface area (Å²) < 4.78 is 6.02. The fourth-order valence-corrected chi connectivity index (χ4v) is 3.42. The van der Waals surface area contributed by atoms with Crippen LogP contribution in [0.15, 0.2) is 48.9 Å². The van der Waals surface area contributed by atoms with Gasteiger partial charge in [0, 0.05) is 37.6 Å². The number of hydrogen-bond acceptors (Lipinski definition) is 5. The highest BCUT2D eigenvalue weighted by molar-refractivity contribution is 5.92. The van der Waals surface area contributed by atoms with E-state index < -0.39 is 0 Å². The Morgan fingerprint density at radius 1 is 1.22 bits per heavy atom. The molecule has 3 heterocycles. The quantitative estimate of drug-likeness (QED) is 0.769. The maximum atomic E-state index is 12.6. The van der Waals surface area contributed by atoms with Crippen molar-refractivity contribution in [2.24, 2.45) is 0 Å². The molecule has 7 heteroatoms. The summed E-state index contributed by atoms with van der Waals surface area (Å²) in [4.78, 5) is 23.4. The molecule has 138 valence electrons. The number of likely N-dealkylation sites (tertiary alicyclic amines) is 1. The third kappa shape index (κ3) is 3.81. The zero-order valence-electron chi connectivity index (χ0n) is 15.1. The fourth-order valence-electron chi connectivity index (χ4n) is 3.42. The highest BCUT2D eigenvalue weighted by Crippen LogP contribution is 2.33. The van der Waals surface area contributed by atoms with Crippen LogP contribution in [0.2, 0.25) is 0 Å². The van der Waals surface area contributed by atoms with E-state index in [0.29, 0.717) is 18.1 Å². The molecule has 1 aliphatic rings. The minimum atomic E-state index is -0.0396. The van der Waals surface area contributed by atoms with E-state index in [4.69, 9.17) is 4.74 Å². The molecule has 1 aliphatic heterocycles. The van der Waals surface area contributed by atoms with Gasteiger partial charge in [-0.05, 0) is 43.5 Å². The highest BCUT2D eigenvalue weighted by Gasteiger charge is 2.29. The number of benzene rings is 1. The molecule has 2 aromatic heterocycles. The van der Waals surface area contributed by atoms with Crippen molar-refractivity contribution in [3.8, 4) is 11.6 Å². The zero-order chi connectivity index (χ0) is 18.6. The number of piperidine rings is 1. The molecule has 0 spiro atoms. The molecular formula is C20H21N5O2. The van der Waals surface area contributed by atoms with Crippen molar-refractivity contribution in [1.29, 1.82) is 0 Å². The van der Waals surface area contributed by atoms with Crippen molar-refractivity contribution >= 4 is 5.91 Å². The van der Waals surface area contributed by atoms with Crippen molar-refractivity contribution in [2.45, 2.75) is 25.7 Å². The number of carbonyl (C=O) groups is 1. The topological polar surface area (TPSA) is 84.0 Å². The Morgan fingerprint density at radius 2 is 2.11 bits per heavy atom. The summed E-state index contributed by atoms with van der Waals surface area (Å²) >= 11 is 0. The molecule has 3 aromatic rings. The van der Waals surface area contributed by atoms with Crippen LogP contribution in [-0.2, 0) is 0 Å². The molecule has 0 aliphatic carbocycles. The van der Waals surface area contributed by atoms with Crippen LogP contribution in [-0.4, -0.2) is 44.1 Å². The van der Waals surface area contributed by atoms with Crippen LogP contribution in [0.4, 0.5) is 0 Å².